The smallest absolute Gasteiger partial charge is 0.355 e. The fraction of sp³-hybridized carbons (Fsp3) is 0.500. The van der Waals surface area contributed by atoms with Crippen LogP contribution in [0.5, 0.6) is 0 Å². The molecule has 0 spiro atoms. The van der Waals surface area contributed by atoms with Crippen molar-refractivity contribution in [2.45, 2.75) is 31.9 Å². The quantitative estimate of drug-likeness (QED) is 0.818. The SMILES string of the molecule is CC(C)(C(=O)NCCCN)c1cccc(C(F)(F)F)c1.Cl. The topological polar surface area (TPSA) is 55.1 Å². The molecule has 0 saturated carbocycles. The van der Waals surface area contributed by atoms with Crippen LogP contribution in [-0.2, 0) is 16.4 Å². The minimum absolute atomic E-state index is 0. The van der Waals surface area contributed by atoms with Crippen molar-refractivity contribution in [1.82, 2.24) is 5.32 Å². The number of amides is 1. The fourth-order valence-corrected chi connectivity index (χ4v) is 1.74. The van der Waals surface area contributed by atoms with Gasteiger partial charge in [-0.2, -0.15) is 13.2 Å². The van der Waals surface area contributed by atoms with Crippen LogP contribution in [0.2, 0.25) is 0 Å². The van der Waals surface area contributed by atoms with Gasteiger partial charge in [0, 0.05) is 6.54 Å². The molecule has 0 unspecified atom stereocenters. The van der Waals surface area contributed by atoms with Gasteiger partial charge < -0.3 is 11.1 Å². The first kappa shape index (κ1) is 19.7. The van der Waals surface area contributed by atoms with Gasteiger partial charge in [0.1, 0.15) is 0 Å². The van der Waals surface area contributed by atoms with Gasteiger partial charge in [-0.1, -0.05) is 18.2 Å². The standard InChI is InChI=1S/C14H19F3N2O.ClH/c1-13(2,12(20)19-8-4-7-18)10-5-3-6-11(9-10)14(15,16)17;/h3,5-6,9H,4,7-8,18H2,1-2H3,(H,19,20);1H. The number of alkyl halides is 3. The van der Waals surface area contributed by atoms with Crippen molar-refractivity contribution < 1.29 is 18.0 Å². The number of hydrogen-bond acceptors (Lipinski definition) is 2. The van der Waals surface area contributed by atoms with E-state index in [9.17, 15) is 18.0 Å². The van der Waals surface area contributed by atoms with Gasteiger partial charge in [0.2, 0.25) is 5.91 Å². The molecule has 0 bridgehead atoms. The highest BCUT2D eigenvalue weighted by atomic mass is 35.5. The van der Waals surface area contributed by atoms with Crippen LogP contribution in [0.4, 0.5) is 13.2 Å². The van der Waals surface area contributed by atoms with Gasteiger partial charge in [0.25, 0.3) is 0 Å². The molecule has 1 rings (SSSR count). The molecule has 3 N–H and O–H groups in total. The van der Waals surface area contributed by atoms with Gasteiger partial charge >= 0.3 is 6.18 Å². The number of benzene rings is 1. The predicted octanol–water partition coefficient (Wildman–Crippen LogP) is 2.87. The van der Waals surface area contributed by atoms with Crippen LogP contribution in [0.1, 0.15) is 31.4 Å². The molecule has 1 amide bonds. The first-order valence-electron chi connectivity index (χ1n) is 6.35. The molecule has 0 radical (unpaired) electrons. The predicted molar refractivity (Wildman–Crippen MR) is 78.4 cm³/mol. The Balaban J connectivity index is 0.00000400. The van der Waals surface area contributed by atoms with Crippen molar-refractivity contribution in [2.24, 2.45) is 5.73 Å². The fourth-order valence-electron chi connectivity index (χ4n) is 1.74. The summed E-state index contributed by atoms with van der Waals surface area (Å²) in [5, 5.41) is 2.68. The second-order valence-electron chi connectivity index (χ2n) is 5.10. The highest BCUT2D eigenvalue weighted by Crippen LogP contribution is 2.32. The molecule has 0 saturated heterocycles. The van der Waals surface area contributed by atoms with Crippen molar-refractivity contribution in [3.63, 3.8) is 0 Å². The summed E-state index contributed by atoms with van der Waals surface area (Å²) in [4.78, 5) is 12.1. The molecule has 7 heteroatoms. The minimum Gasteiger partial charge on any atom is -0.355 e. The molecule has 21 heavy (non-hydrogen) atoms. The van der Waals surface area contributed by atoms with E-state index in [0.717, 1.165) is 12.1 Å². The summed E-state index contributed by atoms with van der Waals surface area (Å²) in [5.41, 5.74) is 3.87. The lowest BCUT2D eigenvalue weighted by atomic mass is 9.83. The monoisotopic (exact) mass is 324 g/mol. The van der Waals surface area contributed by atoms with Gasteiger partial charge in [-0.25, -0.2) is 0 Å². The highest BCUT2D eigenvalue weighted by Gasteiger charge is 2.34. The lowest BCUT2D eigenvalue weighted by molar-refractivity contribution is -0.137. The summed E-state index contributed by atoms with van der Waals surface area (Å²) in [7, 11) is 0. The maximum atomic E-state index is 12.7. The van der Waals surface area contributed by atoms with Crippen LogP contribution in [0.25, 0.3) is 0 Å². The van der Waals surface area contributed by atoms with Crippen molar-refractivity contribution in [1.29, 1.82) is 0 Å². The molecular weight excluding hydrogens is 305 g/mol. The second kappa shape index (κ2) is 7.66. The number of nitrogens with two attached hydrogens (primary N) is 1. The minimum atomic E-state index is -4.41. The Morgan fingerprint density at radius 2 is 1.81 bits per heavy atom. The largest absolute Gasteiger partial charge is 0.416 e. The molecule has 0 aromatic heterocycles. The molecule has 0 heterocycles. The van der Waals surface area contributed by atoms with Crippen LogP contribution in [0, 0.1) is 0 Å². The maximum Gasteiger partial charge on any atom is 0.416 e. The normalized spacial score (nSPS) is 11.7. The van der Waals surface area contributed by atoms with E-state index >= 15 is 0 Å². The molecule has 0 atom stereocenters. The zero-order chi connectivity index (χ0) is 15.4. The van der Waals surface area contributed by atoms with Gasteiger partial charge in [0.05, 0.1) is 11.0 Å². The van der Waals surface area contributed by atoms with Crippen molar-refractivity contribution >= 4 is 18.3 Å². The number of carbonyl (C=O) groups is 1. The third-order valence-corrected chi connectivity index (χ3v) is 3.15. The van der Waals surface area contributed by atoms with E-state index in [1.807, 2.05) is 0 Å². The van der Waals surface area contributed by atoms with Gasteiger partial charge in [-0.15, -0.1) is 12.4 Å². The molecule has 0 aliphatic rings. The molecule has 0 aliphatic heterocycles. The van der Waals surface area contributed by atoms with Crippen LogP contribution in [0.3, 0.4) is 0 Å². The Labute approximate surface area is 128 Å². The zero-order valence-corrected chi connectivity index (χ0v) is 12.8. The first-order valence-corrected chi connectivity index (χ1v) is 6.35. The lowest BCUT2D eigenvalue weighted by Gasteiger charge is -2.25. The summed E-state index contributed by atoms with van der Waals surface area (Å²) in [5.74, 6) is -0.315. The Morgan fingerprint density at radius 1 is 1.24 bits per heavy atom. The number of nitrogens with one attached hydrogen (secondary N) is 1. The van der Waals surface area contributed by atoms with E-state index in [4.69, 9.17) is 5.73 Å². The van der Waals surface area contributed by atoms with Crippen molar-refractivity contribution in [3.8, 4) is 0 Å². The first-order chi connectivity index (χ1) is 9.19. The Morgan fingerprint density at radius 3 is 2.33 bits per heavy atom. The zero-order valence-electron chi connectivity index (χ0n) is 12.0. The Hall–Kier alpha value is -1.27. The average molecular weight is 325 g/mol. The van der Waals surface area contributed by atoms with E-state index in [-0.39, 0.29) is 18.3 Å². The summed E-state index contributed by atoms with van der Waals surface area (Å²) in [6.45, 7) is 4.06. The van der Waals surface area contributed by atoms with E-state index in [1.54, 1.807) is 13.8 Å². The average Bonchev–Trinajstić information content (AvgIpc) is 2.38. The van der Waals surface area contributed by atoms with Crippen molar-refractivity contribution in [3.05, 3.63) is 35.4 Å². The second-order valence-corrected chi connectivity index (χ2v) is 5.10. The summed E-state index contributed by atoms with van der Waals surface area (Å²) in [6.07, 6.45) is -3.79. The number of rotatable bonds is 5. The lowest BCUT2D eigenvalue weighted by Crippen LogP contribution is -2.41. The van der Waals surface area contributed by atoms with E-state index in [0.29, 0.717) is 25.1 Å². The van der Waals surface area contributed by atoms with Crippen LogP contribution < -0.4 is 11.1 Å². The van der Waals surface area contributed by atoms with E-state index < -0.39 is 17.2 Å². The molecule has 120 valence electrons. The van der Waals surface area contributed by atoms with Gasteiger partial charge in [-0.05, 0) is 38.4 Å². The Kier molecular flexibility index (Phi) is 7.19. The van der Waals surface area contributed by atoms with E-state index in [1.165, 1.54) is 12.1 Å². The third-order valence-electron chi connectivity index (χ3n) is 3.15. The van der Waals surface area contributed by atoms with Crippen LogP contribution in [-0.4, -0.2) is 19.0 Å². The summed E-state index contributed by atoms with van der Waals surface area (Å²) >= 11 is 0. The summed E-state index contributed by atoms with van der Waals surface area (Å²) < 4.78 is 38.1. The number of halogens is 4. The highest BCUT2D eigenvalue weighted by molar-refractivity contribution is 5.87. The van der Waals surface area contributed by atoms with Gasteiger partial charge in [0.15, 0.2) is 0 Å². The molecule has 1 aromatic carbocycles. The molecule has 3 nitrogen and oxygen atoms in total. The molecule has 1 aromatic rings. The molecule has 0 fully saturated rings. The van der Waals surface area contributed by atoms with E-state index in [2.05, 4.69) is 5.32 Å². The van der Waals surface area contributed by atoms with Crippen LogP contribution >= 0.6 is 12.4 Å². The molecular formula is C14H20ClF3N2O. The Bertz CT molecular complexity index is 476. The molecule has 0 aliphatic carbocycles. The van der Waals surface area contributed by atoms with Crippen LogP contribution in [0.15, 0.2) is 24.3 Å². The summed E-state index contributed by atoms with van der Waals surface area (Å²) in [6, 6.07) is 4.85. The van der Waals surface area contributed by atoms with Crippen molar-refractivity contribution in [2.75, 3.05) is 13.1 Å². The number of carbonyl (C=O) groups excluding carboxylic acids is 1. The van der Waals surface area contributed by atoms with Gasteiger partial charge in [-0.3, -0.25) is 4.79 Å². The number of hydrogen-bond donors (Lipinski definition) is 2. The third kappa shape index (κ3) is 5.21. The maximum absolute atomic E-state index is 12.7.